The second-order valence-corrected chi connectivity index (χ2v) is 6.28. The summed E-state index contributed by atoms with van der Waals surface area (Å²) < 4.78 is 20.6. The van der Waals surface area contributed by atoms with Gasteiger partial charge in [-0.25, -0.2) is 9.07 Å². The lowest BCUT2D eigenvalue weighted by Crippen LogP contribution is -2.25. The fraction of sp³-hybridized carbons (Fsp3) is 0.143. The van der Waals surface area contributed by atoms with E-state index in [0.29, 0.717) is 24.5 Å². The van der Waals surface area contributed by atoms with Crippen molar-refractivity contribution in [1.82, 2.24) is 9.78 Å². The van der Waals surface area contributed by atoms with Gasteiger partial charge in [-0.05, 0) is 30.3 Å². The molecule has 0 unspecified atom stereocenters. The van der Waals surface area contributed by atoms with E-state index in [-0.39, 0.29) is 17.6 Å². The Kier molecular flexibility index (Phi) is 4.46. The number of rotatable bonds is 5. The van der Waals surface area contributed by atoms with Gasteiger partial charge in [0.15, 0.2) is 0 Å². The van der Waals surface area contributed by atoms with Crippen molar-refractivity contribution in [2.24, 2.45) is 0 Å². The molecule has 1 aliphatic heterocycles. The fourth-order valence-corrected chi connectivity index (χ4v) is 3.32. The van der Waals surface area contributed by atoms with Crippen molar-refractivity contribution in [2.45, 2.75) is 12.3 Å². The number of hydrogen-bond acceptors (Lipinski definition) is 3. The van der Waals surface area contributed by atoms with Crippen LogP contribution in [0.15, 0.2) is 67.4 Å². The summed E-state index contributed by atoms with van der Waals surface area (Å²) in [6.45, 7) is 4.07. The van der Waals surface area contributed by atoms with E-state index in [0.717, 1.165) is 16.9 Å². The number of carbonyl (C=O) groups is 1. The van der Waals surface area contributed by atoms with Crippen molar-refractivity contribution in [3.8, 4) is 11.4 Å². The molecule has 27 heavy (non-hydrogen) atoms. The molecule has 0 bridgehead atoms. The van der Waals surface area contributed by atoms with Gasteiger partial charge in [0.05, 0.1) is 11.9 Å². The molecule has 1 aromatic heterocycles. The Morgan fingerprint density at radius 1 is 1.22 bits per heavy atom. The highest BCUT2D eigenvalue weighted by atomic mass is 19.1. The van der Waals surface area contributed by atoms with Gasteiger partial charge in [-0.15, -0.1) is 0 Å². The summed E-state index contributed by atoms with van der Waals surface area (Å²) in [6, 6.07) is 13.6. The van der Waals surface area contributed by atoms with E-state index >= 15 is 0 Å². The third kappa shape index (κ3) is 3.21. The van der Waals surface area contributed by atoms with E-state index in [4.69, 9.17) is 4.74 Å². The molecule has 1 atom stereocenters. The van der Waals surface area contributed by atoms with Crippen molar-refractivity contribution in [1.29, 1.82) is 0 Å². The van der Waals surface area contributed by atoms with Gasteiger partial charge >= 0.3 is 0 Å². The van der Waals surface area contributed by atoms with E-state index in [1.54, 1.807) is 29.1 Å². The van der Waals surface area contributed by atoms with Crippen LogP contribution in [0.5, 0.6) is 5.75 Å². The summed E-state index contributed by atoms with van der Waals surface area (Å²) in [5, 5.41) is 7.32. The summed E-state index contributed by atoms with van der Waals surface area (Å²) in [6.07, 6.45) is 3.73. The van der Waals surface area contributed by atoms with Gasteiger partial charge in [-0.3, -0.25) is 4.79 Å². The number of hydrogen-bond donors (Lipinski definition) is 1. The van der Waals surface area contributed by atoms with E-state index in [2.05, 4.69) is 17.0 Å². The van der Waals surface area contributed by atoms with Crippen molar-refractivity contribution in [3.63, 3.8) is 0 Å². The summed E-state index contributed by atoms with van der Waals surface area (Å²) in [5.74, 6) is 0.716. The largest absolute Gasteiger partial charge is 0.489 e. The molecule has 1 N–H and O–H groups in total. The van der Waals surface area contributed by atoms with E-state index < -0.39 is 0 Å². The van der Waals surface area contributed by atoms with Gasteiger partial charge in [0, 0.05) is 23.5 Å². The quantitative estimate of drug-likeness (QED) is 0.696. The standard InChI is InChI=1S/C21H18FN3O2/c1-2-11-27-19-6-4-3-5-16(19)17-12-20(26)24-21-18(17)13-23-25(21)15-9-7-14(22)8-10-15/h2-10,13,17H,1,11-12H2,(H,24,26)/t17-/m1/s1. The highest BCUT2D eigenvalue weighted by molar-refractivity contribution is 5.94. The molecular formula is C21H18FN3O2. The summed E-state index contributed by atoms with van der Waals surface area (Å²) in [5.41, 5.74) is 2.50. The van der Waals surface area contributed by atoms with E-state index in [1.165, 1.54) is 12.1 Å². The molecule has 6 heteroatoms. The lowest BCUT2D eigenvalue weighted by molar-refractivity contribution is -0.116. The molecule has 5 nitrogen and oxygen atoms in total. The van der Waals surface area contributed by atoms with Crippen molar-refractivity contribution in [3.05, 3.63) is 84.3 Å². The lowest BCUT2D eigenvalue weighted by atomic mass is 9.87. The van der Waals surface area contributed by atoms with Crippen molar-refractivity contribution < 1.29 is 13.9 Å². The lowest BCUT2D eigenvalue weighted by Gasteiger charge is -2.25. The van der Waals surface area contributed by atoms with E-state index in [1.807, 2.05) is 24.3 Å². The summed E-state index contributed by atoms with van der Waals surface area (Å²) in [7, 11) is 0. The zero-order chi connectivity index (χ0) is 18.8. The normalized spacial score (nSPS) is 15.7. The third-order valence-electron chi connectivity index (χ3n) is 4.54. The second kappa shape index (κ2) is 7.07. The van der Waals surface area contributed by atoms with Gasteiger partial charge in [-0.1, -0.05) is 30.9 Å². The maximum atomic E-state index is 13.2. The molecule has 2 aromatic carbocycles. The minimum absolute atomic E-state index is 0.102. The van der Waals surface area contributed by atoms with Crippen molar-refractivity contribution in [2.75, 3.05) is 11.9 Å². The summed E-state index contributed by atoms with van der Waals surface area (Å²) >= 11 is 0. The number of carbonyl (C=O) groups excluding carboxylic acids is 1. The molecule has 3 aromatic rings. The maximum Gasteiger partial charge on any atom is 0.226 e. The first kappa shape index (κ1) is 17.0. The number of nitrogens with one attached hydrogen (secondary N) is 1. The van der Waals surface area contributed by atoms with Gasteiger partial charge in [0.2, 0.25) is 5.91 Å². The Bertz CT molecular complexity index is 995. The first-order valence-corrected chi connectivity index (χ1v) is 8.63. The number of amides is 1. The van der Waals surface area contributed by atoms with Crippen LogP contribution in [0.2, 0.25) is 0 Å². The number of fused-ring (bicyclic) bond motifs is 1. The van der Waals surface area contributed by atoms with Crippen LogP contribution < -0.4 is 10.1 Å². The molecule has 0 aliphatic carbocycles. The highest BCUT2D eigenvalue weighted by Crippen LogP contribution is 2.41. The third-order valence-corrected chi connectivity index (χ3v) is 4.54. The van der Waals surface area contributed by atoms with E-state index in [9.17, 15) is 9.18 Å². The number of halogens is 1. The molecule has 0 radical (unpaired) electrons. The zero-order valence-electron chi connectivity index (χ0n) is 14.6. The highest BCUT2D eigenvalue weighted by Gasteiger charge is 2.32. The molecule has 1 amide bonds. The number of para-hydroxylation sites is 1. The number of nitrogens with zero attached hydrogens (tertiary/aromatic N) is 2. The van der Waals surface area contributed by atoms with Gasteiger partial charge in [0.25, 0.3) is 0 Å². The van der Waals surface area contributed by atoms with Crippen LogP contribution in [0.4, 0.5) is 10.2 Å². The molecule has 0 spiro atoms. The molecular weight excluding hydrogens is 345 g/mol. The first-order valence-electron chi connectivity index (χ1n) is 8.63. The van der Waals surface area contributed by atoms with Crippen LogP contribution in [-0.4, -0.2) is 22.3 Å². The minimum atomic E-state index is -0.324. The van der Waals surface area contributed by atoms with Crippen molar-refractivity contribution >= 4 is 11.7 Å². The fourth-order valence-electron chi connectivity index (χ4n) is 3.32. The monoisotopic (exact) mass is 363 g/mol. The zero-order valence-corrected chi connectivity index (χ0v) is 14.6. The number of ether oxygens (including phenoxy) is 1. The first-order chi connectivity index (χ1) is 13.2. The van der Waals surface area contributed by atoms with Crippen LogP contribution in [0.3, 0.4) is 0 Å². The van der Waals surface area contributed by atoms with Gasteiger partial charge in [-0.2, -0.15) is 5.10 Å². The summed E-state index contributed by atoms with van der Waals surface area (Å²) in [4.78, 5) is 12.4. The van der Waals surface area contributed by atoms with Crippen LogP contribution in [0, 0.1) is 5.82 Å². The molecule has 0 saturated carbocycles. The van der Waals surface area contributed by atoms with Gasteiger partial charge < -0.3 is 10.1 Å². The molecule has 4 rings (SSSR count). The Morgan fingerprint density at radius 3 is 2.78 bits per heavy atom. The predicted molar refractivity (Wildman–Crippen MR) is 101 cm³/mol. The van der Waals surface area contributed by atoms with Crippen LogP contribution >= 0.6 is 0 Å². The SMILES string of the molecule is C=CCOc1ccccc1[C@H]1CC(=O)Nc2c1cnn2-c1ccc(F)cc1. The molecule has 136 valence electrons. The predicted octanol–water partition coefficient (Wildman–Crippen LogP) is 4.05. The maximum absolute atomic E-state index is 13.2. The Hall–Kier alpha value is -3.41. The average Bonchev–Trinajstić information content (AvgIpc) is 3.10. The van der Waals surface area contributed by atoms with Crippen LogP contribution in [0.25, 0.3) is 5.69 Å². The van der Waals surface area contributed by atoms with Gasteiger partial charge in [0.1, 0.15) is 24.0 Å². The molecule has 0 saturated heterocycles. The minimum Gasteiger partial charge on any atom is -0.489 e. The Labute approximate surface area is 156 Å². The topological polar surface area (TPSA) is 56.1 Å². The molecule has 1 aliphatic rings. The Morgan fingerprint density at radius 2 is 2.00 bits per heavy atom. The Balaban J connectivity index is 1.78. The van der Waals surface area contributed by atoms with Crippen LogP contribution in [-0.2, 0) is 4.79 Å². The number of benzene rings is 2. The number of aromatic nitrogens is 2. The molecule has 0 fully saturated rings. The molecule has 2 heterocycles. The second-order valence-electron chi connectivity index (χ2n) is 6.28. The average molecular weight is 363 g/mol. The van der Waals surface area contributed by atoms with Crippen LogP contribution in [0.1, 0.15) is 23.5 Å². The number of anilines is 1. The smallest absolute Gasteiger partial charge is 0.226 e.